The highest BCUT2D eigenvalue weighted by molar-refractivity contribution is 5.67. The average molecular weight is 244 g/mol. The van der Waals surface area contributed by atoms with Crippen LogP contribution in [0, 0.1) is 5.92 Å². The third-order valence-corrected chi connectivity index (χ3v) is 2.52. The summed E-state index contributed by atoms with van der Waals surface area (Å²) in [6, 6.07) is 0. The van der Waals surface area contributed by atoms with Crippen LogP contribution < -0.4 is 5.32 Å². The van der Waals surface area contributed by atoms with Crippen molar-refractivity contribution in [3.05, 3.63) is 0 Å². The topological polar surface area (TPSA) is 41.6 Å². The van der Waals surface area contributed by atoms with E-state index in [2.05, 4.69) is 19.2 Å². The summed E-state index contributed by atoms with van der Waals surface area (Å²) in [5.74, 6) is 0.682. The molecule has 0 saturated carbocycles. The van der Waals surface area contributed by atoms with E-state index in [4.69, 9.17) is 4.74 Å². The van der Waals surface area contributed by atoms with Gasteiger partial charge in [-0.25, -0.2) is 4.79 Å². The van der Waals surface area contributed by atoms with E-state index < -0.39 is 5.60 Å². The first-order valence-corrected chi connectivity index (χ1v) is 6.41. The normalized spacial score (nSPS) is 13.3. The molecule has 0 spiro atoms. The molecule has 0 saturated heterocycles. The highest BCUT2D eigenvalue weighted by Crippen LogP contribution is 2.08. The van der Waals surface area contributed by atoms with Crippen LogP contribution in [0.4, 0.5) is 4.79 Å². The molecule has 102 valence electrons. The lowest BCUT2D eigenvalue weighted by molar-refractivity contribution is 0.0300. The van der Waals surface area contributed by atoms with Gasteiger partial charge in [0.1, 0.15) is 5.60 Å². The third kappa shape index (κ3) is 8.98. The maximum absolute atomic E-state index is 11.6. The van der Waals surface area contributed by atoms with Crippen molar-refractivity contribution in [2.75, 3.05) is 26.7 Å². The lowest BCUT2D eigenvalue weighted by Crippen LogP contribution is -2.38. The maximum Gasteiger partial charge on any atom is 0.410 e. The van der Waals surface area contributed by atoms with Crippen LogP contribution in [0.25, 0.3) is 0 Å². The maximum atomic E-state index is 11.6. The highest BCUT2D eigenvalue weighted by Gasteiger charge is 2.18. The molecular formula is C13H28N2O2. The summed E-state index contributed by atoms with van der Waals surface area (Å²) in [5, 5.41) is 3.34. The van der Waals surface area contributed by atoms with Crippen LogP contribution in [0.1, 0.15) is 41.0 Å². The van der Waals surface area contributed by atoms with Crippen LogP contribution in [0.3, 0.4) is 0 Å². The van der Waals surface area contributed by atoms with Gasteiger partial charge >= 0.3 is 6.09 Å². The number of hydrogen-bond donors (Lipinski definition) is 1. The third-order valence-electron chi connectivity index (χ3n) is 2.52. The number of hydrogen-bond acceptors (Lipinski definition) is 3. The molecule has 1 amide bonds. The quantitative estimate of drug-likeness (QED) is 0.730. The first kappa shape index (κ1) is 16.2. The summed E-state index contributed by atoms with van der Waals surface area (Å²) in [7, 11) is 1.76. The Morgan fingerprint density at radius 2 is 2.00 bits per heavy atom. The van der Waals surface area contributed by atoms with E-state index in [1.165, 1.54) is 6.42 Å². The Balaban J connectivity index is 3.72. The fraction of sp³-hybridized carbons (Fsp3) is 0.923. The van der Waals surface area contributed by atoms with Gasteiger partial charge in [0.2, 0.25) is 0 Å². The van der Waals surface area contributed by atoms with Crippen molar-refractivity contribution in [3.63, 3.8) is 0 Å². The molecule has 1 N–H and O–H groups in total. The summed E-state index contributed by atoms with van der Waals surface area (Å²) in [4.78, 5) is 13.2. The zero-order chi connectivity index (χ0) is 13.5. The summed E-state index contributed by atoms with van der Waals surface area (Å²) in [5.41, 5.74) is -0.421. The SMILES string of the molecule is CCC(C)CNCCN(C)C(=O)OC(C)(C)C. The van der Waals surface area contributed by atoms with Gasteiger partial charge in [-0.3, -0.25) is 0 Å². The van der Waals surface area contributed by atoms with Gasteiger partial charge in [0.05, 0.1) is 0 Å². The Kier molecular flexibility index (Phi) is 7.19. The molecule has 0 aliphatic rings. The van der Waals surface area contributed by atoms with Gasteiger partial charge in [-0.15, -0.1) is 0 Å². The zero-order valence-corrected chi connectivity index (χ0v) is 12.2. The van der Waals surface area contributed by atoms with Crippen molar-refractivity contribution >= 4 is 6.09 Å². The van der Waals surface area contributed by atoms with Gasteiger partial charge in [0.25, 0.3) is 0 Å². The van der Waals surface area contributed by atoms with E-state index in [1.54, 1.807) is 11.9 Å². The van der Waals surface area contributed by atoms with Crippen molar-refractivity contribution in [1.29, 1.82) is 0 Å². The van der Waals surface area contributed by atoms with Crippen LogP contribution >= 0.6 is 0 Å². The van der Waals surface area contributed by atoms with Crippen molar-refractivity contribution in [1.82, 2.24) is 10.2 Å². The van der Waals surface area contributed by atoms with Crippen LogP contribution in [0.15, 0.2) is 0 Å². The molecule has 1 atom stereocenters. The van der Waals surface area contributed by atoms with Gasteiger partial charge < -0.3 is 15.0 Å². The van der Waals surface area contributed by atoms with E-state index in [1.807, 2.05) is 20.8 Å². The average Bonchev–Trinajstić information content (AvgIpc) is 2.21. The molecule has 0 aliphatic heterocycles. The van der Waals surface area contributed by atoms with Crippen molar-refractivity contribution in [2.45, 2.75) is 46.6 Å². The van der Waals surface area contributed by atoms with Crippen molar-refractivity contribution in [3.8, 4) is 0 Å². The molecule has 0 rings (SSSR count). The second-order valence-electron chi connectivity index (χ2n) is 5.62. The monoisotopic (exact) mass is 244 g/mol. The Morgan fingerprint density at radius 3 is 2.47 bits per heavy atom. The van der Waals surface area contributed by atoms with E-state index in [9.17, 15) is 4.79 Å². The fourth-order valence-electron chi connectivity index (χ4n) is 1.17. The van der Waals surface area contributed by atoms with E-state index in [-0.39, 0.29) is 6.09 Å². The van der Waals surface area contributed by atoms with Crippen molar-refractivity contribution < 1.29 is 9.53 Å². The van der Waals surface area contributed by atoms with E-state index in [0.29, 0.717) is 12.5 Å². The predicted octanol–water partition coefficient (Wildman–Crippen LogP) is 2.49. The molecule has 0 radical (unpaired) electrons. The Labute approximate surface area is 106 Å². The van der Waals surface area contributed by atoms with Gasteiger partial charge in [-0.1, -0.05) is 20.3 Å². The molecule has 0 bridgehead atoms. The summed E-state index contributed by atoms with van der Waals surface area (Å²) < 4.78 is 5.26. The lowest BCUT2D eigenvalue weighted by atomic mass is 10.1. The number of amides is 1. The summed E-state index contributed by atoms with van der Waals surface area (Å²) in [6.45, 7) is 12.5. The number of likely N-dealkylation sites (N-methyl/N-ethyl adjacent to an activating group) is 1. The fourth-order valence-corrected chi connectivity index (χ4v) is 1.17. The number of nitrogens with zero attached hydrogens (tertiary/aromatic N) is 1. The predicted molar refractivity (Wildman–Crippen MR) is 71.2 cm³/mol. The van der Waals surface area contributed by atoms with Crippen LogP contribution in [0.5, 0.6) is 0 Å². The number of carbonyl (C=O) groups is 1. The van der Waals surface area contributed by atoms with Crippen LogP contribution in [0.2, 0.25) is 0 Å². The molecular weight excluding hydrogens is 216 g/mol. The van der Waals surface area contributed by atoms with Gasteiger partial charge in [0.15, 0.2) is 0 Å². The Bertz CT molecular complexity index is 224. The first-order chi connectivity index (χ1) is 7.76. The number of carbonyl (C=O) groups excluding carboxylic acids is 1. The number of rotatable bonds is 6. The molecule has 17 heavy (non-hydrogen) atoms. The van der Waals surface area contributed by atoms with Gasteiger partial charge in [-0.2, -0.15) is 0 Å². The molecule has 4 nitrogen and oxygen atoms in total. The molecule has 4 heteroatoms. The second kappa shape index (κ2) is 7.54. The minimum Gasteiger partial charge on any atom is -0.444 e. The molecule has 0 aliphatic carbocycles. The van der Waals surface area contributed by atoms with Gasteiger partial charge in [-0.05, 0) is 33.2 Å². The standard InChI is InChI=1S/C13H28N2O2/c1-7-11(2)10-14-8-9-15(6)12(16)17-13(3,4)5/h11,14H,7-10H2,1-6H3. The summed E-state index contributed by atoms with van der Waals surface area (Å²) >= 11 is 0. The molecule has 0 aromatic rings. The highest BCUT2D eigenvalue weighted by atomic mass is 16.6. The molecule has 0 fully saturated rings. The molecule has 1 unspecified atom stereocenters. The number of ether oxygens (including phenoxy) is 1. The Hall–Kier alpha value is -0.770. The Morgan fingerprint density at radius 1 is 1.41 bits per heavy atom. The number of nitrogens with one attached hydrogen (secondary N) is 1. The smallest absolute Gasteiger partial charge is 0.410 e. The van der Waals surface area contributed by atoms with Crippen LogP contribution in [-0.4, -0.2) is 43.3 Å². The summed E-state index contributed by atoms with van der Waals surface area (Å²) in [6.07, 6.45) is 0.914. The second-order valence-corrected chi connectivity index (χ2v) is 5.62. The zero-order valence-electron chi connectivity index (χ0n) is 12.2. The molecule has 0 aromatic heterocycles. The minimum atomic E-state index is -0.421. The first-order valence-electron chi connectivity index (χ1n) is 6.41. The van der Waals surface area contributed by atoms with Crippen molar-refractivity contribution in [2.24, 2.45) is 5.92 Å². The van der Waals surface area contributed by atoms with E-state index in [0.717, 1.165) is 13.1 Å². The lowest BCUT2D eigenvalue weighted by Gasteiger charge is -2.24. The largest absolute Gasteiger partial charge is 0.444 e. The molecule has 0 heterocycles. The van der Waals surface area contributed by atoms with Crippen LogP contribution in [-0.2, 0) is 4.74 Å². The van der Waals surface area contributed by atoms with Gasteiger partial charge in [0, 0.05) is 20.1 Å². The molecule has 0 aromatic carbocycles. The van der Waals surface area contributed by atoms with E-state index >= 15 is 0 Å². The minimum absolute atomic E-state index is 0.261.